The zero-order chi connectivity index (χ0) is 19.1. The number of rotatable bonds is 9. The third-order valence-corrected chi connectivity index (χ3v) is 5.22. The minimum atomic E-state index is -0.664. The monoisotopic (exact) mass is 385 g/mol. The number of anilines is 1. The van der Waals surface area contributed by atoms with Gasteiger partial charge in [-0.1, -0.05) is 68.6 Å². The maximum Gasteiger partial charge on any atom is 0.349 e. The Hall–Kier alpha value is -2.54. The summed E-state index contributed by atoms with van der Waals surface area (Å²) in [6.45, 7) is 2.21. The molecular weight excluding hydrogens is 362 g/mol. The zero-order valence-corrected chi connectivity index (χ0v) is 16.2. The summed E-state index contributed by atoms with van der Waals surface area (Å²) in [4.78, 5) is 24.5. The van der Waals surface area contributed by atoms with Gasteiger partial charge in [0.25, 0.3) is 5.91 Å². The van der Waals surface area contributed by atoms with Crippen molar-refractivity contribution in [2.75, 3.05) is 5.32 Å². The van der Waals surface area contributed by atoms with E-state index in [1.54, 1.807) is 18.2 Å². The van der Waals surface area contributed by atoms with Crippen LogP contribution in [0.3, 0.4) is 0 Å². The molecule has 0 aliphatic heterocycles. The summed E-state index contributed by atoms with van der Waals surface area (Å²) in [7, 11) is 0. The summed E-state index contributed by atoms with van der Waals surface area (Å²) >= 11 is 1.35. The van der Waals surface area contributed by atoms with Gasteiger partial charge in [0.1, 0.15) is 16.2 Å². The predicted molar refractivity (Wildman–Crippen MR) is 107 cm³/mol. The van der Waals surface area contributed by atoms with Crippen LogP contribution < -0.4 is 10.9 Å². The molecule has 142 valence electrons. The molecule has 3 rings (SSSR count). The molecule has 0 fully saturated rings. The van der Waals surface area contributed by atoms with Gasteiger partial charge in [0.15, 0.2) is 0 Å². The molecule has 0 radical (unpaired) electrons. The van der Waals surface area contributed by atoms with E-state index >= 15 is 0 Å². The molecule has 2 heterocycles. The highest BCUT2D eigenvalue weighted by Gasteiger charge is 2.16. The molecule has 1 amide bonds. The molecule has 0 unspecified atom stereocenters. The van der Waals surface area contributed by atoms with E-state index in [0.29, 0.717) is 16.1 Å². The number of nitrogens with zero attached hydrogens (tertiary/aromatic N) is 2. The largest absolute Gasteiger partial charge is 0.422 e. The van der Waals surface area contributed by atoms with E-state index < -0.39 is 11.5 Å². The number of unbranched alkanes of at least 4 members (excludes halogenated alkanes) is 5. The quantitative estimate of drug-likeness (QED) is 0.422. The second-order valence-corrected chi connectivity index (χ2v) is 7.52. The number of hydrogen-bond acceptors (Lipinski definition) is 6. The number of hydrogen-bond donors (Lipinski definition) is 1. The molecule has 2 aromatic heterocycles. The Balaban J connectivity index is 1.58. The molecule has 0 atom stereocenters. The Morgan fingerprint density at radius 3 is 2.74 bits per heavy atom. The van der Waals surface area contributed by atoms with Crippen molar-refractivity contribution in [2.24, 2.45) is 0 Å². The lowest BCUT2D eigenvalue weighted by Crippen LogP contribution is -2.20. The smallest absolute Gasteiger partial charge is 0.349 e. The fourth-order valence-corrected chi connectivity index (χ4v) is 3.62. The Morgan fingerprint density at radius 2 is 1.89 bits per heavy atom. The molecule has 7 heteroatoms. The third-order valence-electron chi connectivity index (χ3n) is 4.32. The Labute approximate surface area is 161 Å². The van der Waals surface area contributed by atoms with Gasteiger partial charge < -0.3 is 4.42 Å². The number of benzene rings is 1. The first-order chi connectivity index (χ1) is 13.2. The molecule has 0 aliphatic rings. The van der Waals surface area contributed by atoms with Crippen LogP contribution in [0.4, 0.5) is 5.13 Å². The van der Waals surface area contributed by atoms with Gasteiger partial charge in [-0.25, -0.2) is 4.79 Å². The maximum absolute atomic E-state index is 12.4. The summed E-state index contributed by atoms with van der Waals surface area (Å²) in [5, 5.41) is 12.8. The van der Waals surface area contributed by atoms with Crippen molar-refractivity contribution in [2.45, 2.75) is 51.9 Å². The molecule has 6 nitrogen and oxygen atoms in total. The summed E-state index contributed by atoms with van der Waals surface area (Å²) in [6, 6.07) is 8.62. The molecule has 0 spiro atoms. The van der Waals surface area contributed by atoms with Crippen molar-refractivity contribution >= 4 is 33.3 Å². The molecule has 0 saturated carbocycles. The van der Waals surface area contributed by atoms with E-state index in [1.807, 2.05) is 6.07 Å². The van der Waals surface area contributed by atoms with Crippen molar-refractivity contribution in [3.8, 4) is 0 Å². The summed E-state index contributed by atoms with van der Waals surface area (Å²) in [5.41, 5.74) is -0.249. The van der Waals surface area contributed by atoms with Gasteiger partial charge in [-0.2, -0.15) is 0 Å². The van der Waals surface area contributed by atoms with E-state index in [-0.39, 0.29) is 5.56 Å². The van der Waals surface area contributed by atoms with Crippen LogP contribution in [-0.4, -0.2) is 16.1 Å². The topological polar surface area (TPSA) is 85.1 Å². The standard InChI is InChI=1S/C20H23N3O3S/c1-2-3-4-5-6-7-12-17-22-23-20(27-17)21-18(24)15-13-14-10-8-9-11-16(14)26-19(15)25/h8-11,13H,2-7,12H2,1H3,(H,21,23,24). The molecule has 3 aromatic rings. The van der Waals surface area contributed by atoms with Gasteiger partial charge in [-0.15, -0.1) is 10.2 Å². The Kier molecular flexibility index (Phi) is 6.70. The van der Waals surface area contributed by atoms with Crippen LogP contribution in [0.1, 0.15) is 60.8 Å². The lowest BCUT2D eigenvalue weighted by molar-refractivity contribution is 0.102. The number of carbonyl (C=O) groups excluding carboxylic acids is 1. The molecule has 27 heavy (non-hydrogen) atoms. The van der Waals surface area contributed by atoms with Crippen molar-refractivity contribution in [1.82, 2.24) is 10.2 Å². The van der Waals surface area contributed by atoms with E-state index in [4.69, 9.17) is 4.42 Å². The Bertz CT molecular complexity index is 964. The average molecular weight is 385 g/mol. The van der Waals surface area contributed by atoms with E-state index in [0.717, 1.165) is 17.8 Å². The number of carbonyl (C=O) groups is 1. The third kappa shape index (κ3) is 5.23. The lowest BCUT2D eigenvalue weighted by atomic mass is 10.1. The van der Waals surface area contributed by atoms with Gasteiger partial charge in [0.05, 0.1) is 0 Å². The molecule has 0 saturated heterocycles. The second kappa shape index (κ2) is 9.41. The molecule has 0 bridgehead atoms. The average Bonchev–Trinajstić information content (AvgIpc) is 3.11. The first-order valence-corrected chi connectivity index (χ1v) is 10.2. The zero-order valence-electron chi connectivity index (χ0n) is 15.4. The van der Waals surface area contributed by atoms with Crippen molar-refractivity contribution < 1.29 is 9.21 Å². The fraction of sp³-hybridized carbons (Fsp3) is 0.400. The van der Waals surface area contributed by atoms with Crippen LogP contribution in [0.5, 0.6) is 0 Å². The minimum Gasteiger partial charge on any atom is -0.422 e. The summed E-state index contributed by atoms with van der Waals surface area (Å²) < 4.78 is 5.20. The van der Waals surface area contributed by atoms with Crippen molar-refractivity contribution in [3.63, 3.8) is 0 Å². The van der Waals surface area contributed by atoms with Gasteiger partial charge in [-0.05, 0) is 18.6 Å². The highest BCUT2D eigenvalue weighted by Crippen LogP contribution is 2.19. The number of fused-ring (bicyclic) bond motifs is 1. The maximum atomic E-state index is 12.4. The summed E-state index contributed by atoms with van der Waals surface area (Å²) in [6.07, 6.45) is 8.17. The molecule has 1 N–H and O–H groups in total. The van der Waals surface area contributed by atoms with Gasteiger partial charge >= 0.3 is 5.63 Å². The van der Waals surface area contributed by atoms with E-state index in [2.05, 4.69) is 22.4 Å². The first kappa shape index (κ1) is 19.2. The van der Waals surface area contributed by atoms with Crippen molar-refractivity contribution in [3.05, 3.63) is 51.3 Å². The van der Waals surface area contributed by atoms with E-state index in [9.17, 15) is 9.59 Å². The van der Waals surface area contributed by atoms with Crippen LogP contribution >= 0.6 is 11.3 Å². The van der Waals surface area contributed by atoms with Crippen LogP contribution in [0.2, 0.25) is 0 Å². The first-order valence-electron chi connectivity index (χ1n) is 9.34. The highest BCUT2D eigenvalue weighted by atomic mass is 32.1. The van der Waals surface area contributed by atoms with Gasteiger partial charge in [0, 0.05) is 11.8 Å². The molecular formula is C20H23N3O3S. The van der Waals surface area contributed by atoms with Crippen LogP contribution in [0, 0.1) is 0 Å². The Morgan fingerprint density at radius 1 is 1.11 bits per heavy atom. The van der Waals surface area contributed by atoms with Crippen LogP contribution in [0.25, 0.3) is 11.0 Å². The lowest BCUT2D eigenvalue weighted by Gasteiger charge is -2.01. The van der Waals surface area contributed by atoms with Crippen molar-refractivity contribution in [1.29, 1.82) is 0 Å². The van der Waals surface area contributed by atoms with Gasteiger partial charge in [-0.3, -0.25) is 10.1 Å². The highest BCUT2D eigenvalue weighted by molar-refractivity contribution is 7.15. The molecule has 1 aromatic carbocycles. The number of aryl methyl sites for hydroxylation is 1. The molecule has 0 aliphatic carbocycles. The normalized spacial score (nSPS) is 11.0. The fourth-order valence-electron chi connectivity index (χ4n) is 2.85. The van der Waals surface area contributed by atoms with Gasteiger partial charge in [0.2, 0.25) is 5.13 Å². The van der Waals surface area contributed by atoms with Crippen LogP contribution in [-0.2, 0) is 6.42 Å². The number of nitrogens with one attached hydrogen (secondary N) is 1. The number of aromatic nitrogens is 2. The van der Waals surface area contributed by atoms with Crippen LogP contribution in [0.15, 0.2) is 39.5 Å². The predicted octanol–water partition coefficient (Wildman–Crippen LogP) is 4.80. The van der Waals surface area contributed by atoms with E-state index in [1.165, 1.54) is 49.5 Å². The SMILES string of the molecule is CCCCCCCCc1nnc(NC(=O)c2cc3ccccc3oc2=O)s1. The second-order valence-electron chi connectivity index (χ2n) is 6.46. The minimum absolute atomic E-state index is 0.0404. The number of amides is 1. The summed E-state index contributed by atoms with van der Waals surface area (Å²) in [5.74, 6) is -0.531. The number of para-hydroxylation sites is 1.